The van der Waals surface area contributed by atoms with Crippen molar-refractivity contribution in [3.05, 3.63) is 46.5 Å². The summed E-state index contributed by atoms with van der Waals surface area (Å²) in [5.74, 6) is 0.0160. The van der Waals surface area contributed by atoms with Crippen molar-refractivity contribution in [3.63, 3.8) is 0 Å². The first kappa shape index (κ1) is 13.6. The number of aryl methyl sites for hydroxylation is 1. The first-order valence-corrected chi connectivity index (χ1v) is 6.60. The highest BCUT2D eigenvalue weighted by Gasteiger charge is 2.10. The highest BCUT2D eigenvalue weighted by Crippen LogP contribution is 2.21. The molecule has 0 radical (unpaired) electrons. The second-order valence-corrected chi connectivity index (χ2v) is 5.04. The zero-order valence-electron chi connectivity index (χ0n) is 10.4. The highest BCUT2D eigenvalue weighted by molar-refractivity contribution is 9.10. The molecule has 1 heterocycles. The molecule has 2 N–H and O–H groups in total. The summed E-state index contributed by atoms with van der Waals surface area (Å²) in [6.07, 6.45) is 4.37. The Bertz CT molecular complexity index is 595. The van der Waals surface area contributed by atoms with E-state index in [0.717, 1.165) is 16.7 Å². The van der Waals surface area contributed by atoms with Crippen LogP contribution in [0.15, 0.2) is 35.1 Å². The van der Waals surface area contributed by atoms with Crippen LogP contribution < -0.4 is 5.32 Å². The Morgan fingerprint density at radius 1 is 1.53 bits per heavy atom. The van der Waals surface area contributed by atoms with Gasteiger partial charge in [-0.25, -0.2) is 9.78 Å². The smallest absolute Gasteiger partial charge is 0.337 e. The van der Waals surface area contributed by atoms with Gasteiger partial charge in [-0.05, 0) is 18.2 Å². The van der Waals surface area contributed by atoms with Gasteiger partial charge in [-0.3, -0.25) is 0 Å². The molecule has 0 saturated heterocycles. The van der Waals surface area contributed by atoms with E-state index in [1.54, 1.807) is 18.3 Å². The lowest BCUT2D eigenvalue weighted by Crippen LogP contribution is -2.11. The monoisotopic (exact) mass is 323 g/mol. The third kappa shape index (κ3) is 3.35. The summed E-state index contributed by atoms with van der Waals surface area (Å²) in [5, 5.41) is 12.3. The Morgan fingerprint density at radius 2 is 2.32 bits per heavy atom. The molecule has 0 atom stereocenters. The number of hydrogen-bond acceptors (Lipinski definition) is 3. The van der Waals surface area contributed by atoms with Gasteiger partial charge in [-0.2, -0.15) is 0 Å². The number of carboxylic acid groups (broad SMARTS) is 1. The molecule has 19 heavy (non-hydrogen) atoms. The van der Waals surface area contributed by atoms with E-state index in [-0.39, 0.29) is 5.56 Å². The normalized spacial score (nSPS) is 10.4. The molecule has 0 aliphatic rings. The third-order valence-corrected chi connectivity index (χ3v) is 3.29. The van der Waals surface area contributed by atoms with Gasteiger partial charge >= 0.3 is 5.97 Å². The number of aromatic carboxylic acids is 1. The largest absolute Gasteiger partial charge is 0.478 e. The number of hydrogen-bond donors (Lipinski definition) is 2. The Labute approximate surface area is 119 Å². The average Bonchev–Trinajstić information content (AvgIpc) is 2.77. The maximum atomic E-state index is 11.1. The molecule has 2 aromatic rings. The van der Waals surface area contributed by atoms with Gasteiger partial charge in [0.2, 0.25) is 0 Å². The van der Waals surface area contributed by atoms with Crippen molar-refractivity contribution in [2.45, 2.75) is 6.42 Å². The molecule has 0 fully saturated rings. The van der Waals surface area contributed by atoms with Crippen LogP contribution >= 0.6 is 15.9 Å². The number of aromatic nitrogens is 2. The Hall–Kier alpha value is -1.82. The predicted octanol–water partition coefficient (Wildman–Crippen LogP) is 2.54. The Kier molecular flexibility index (Phi) is 4.21. The zero-order chi connectivity index (χ0) is 13.8. The van der Waals surface area contributed by atoms with Crippen LogP contribution in [0.3, 0.4) is 0 Å². The highest BCUT2D eigenvalue weighted by atomic mass is 79.9. The minimum atomic E-state index is -0.944. The molecular formula is C13H14BrN3O2. The molecule has 100 valence electrons. The minimum absolute atomic E-state index is 0.259. The van der Waals surface area contributed by atoms with Gasteiger partial charge in [0, 0.05) is 42.6 Å². The van der Waals surface area contributed by atoms with E-state index >= 15 is 0 Å². The number of carboxylic acids is 1. The predicted molar refractivity (Wildman–Crippen MR) is 76.5 cm³/mol. The third-order valence-electron chi connectivity index (χ3n) is 2.80. The van der Waals surface area contributed by atoms with Crippen molar-refractivity contribution in [1.29, 1.82) is 0 Å². The van der Waals surface area contributed by atoms with Crippen molar-refractivity contribution in [1.82, 2.24) is 9.55 Å². The van der Waals surface area contributed by atoms with E-state index in [1.807, 2.05) is 23.9 Å². The van der Waals surface area contributed by atoms with E-state index in [9.17, 15) is 4.79 Å². The molecule has 0 spiro atoms. The standard InChI is InChI=1S/C13H14BrN3O2/c1-17-7-6-16-12(17)4-5-15-11-3-2-9(14)8-10(11)13(18)19/h2-3,6-8,15H,4-5H2,1H3,(H,18,19). The summed E-state index contributed by atoms with van der Waals surface area (Å²) < 4.78 is 2.70. The number of rotatable bonds is 5. The topological polar surface area (TPSA) is 67.2 Å². The van der Waals surface area contributed by atoms with Crippen LogP contribution in [0.25, 0.3) is 0 Å². The number of nitrogens with one attached hydrogen (secondary N) is 1. The summed E-state index contributed by atoms with van der Waals surface area (Å²) in [5.41, 5.74) is 0.874. The van der Waals surface area contributed by atoms with Gasteiger partial charge in [0.15, 0.2) is 0 Å². The van der Waals surface area contributed by atoms with Crippen LogP contribution in [0.5, 0.6) is 0 Å². The fourth-order valence-corrected chi connectivity index (χ4v) is 2.16. The zero-order valence-corrected chi connectivity index (χ0v) is 12.0. The fourth-order valence-electron chi connectivity index (χ4n) is 1.79. The van der Waals surface area contributed by atoms with E-state index in [2.05, 4.69) is 26.2 Å². The molecule has 6 heteroatoms. The molecule has 0 aliphatic heterocycles. The number of anilines is 1. The molecule has 0 aliphatic carbocycles. The number of benzene rings is 1. The van der Waals surface area contributed by atoms with Crippen LogP contribution in [0.2, 0.25) is 0 Å². The van der Waals surface area contributed by atoms with Crippen molar-refractivity contribution in [2.24, 2.45) is 7.05 Å². The molecule has 0 saturated carbocycles. The SMILES string of the molecule is Cn1ccnc1CCNc1ccc(Br)cc1C(=O)O. The van der Waals surface area contributed by atoms with Gasteiger partial charge in [0.25, 0.3) is 0 Å². The maximum absolute atomic E-state index is 11.1. The summed E-state index contributed by atoms with van der Waals surface area (Å²) >= 11 is 3.27. The van der Waals surface area contributed by atoms with Gasteiger partial charge in [0.1, 0.15) is 5.82 Å². The van der Waals surface area contributed by atoms with E-state index in [0.29, 0.717) is 12.2 Å². The molecule has 1 aromatic heterocycles. The number of carbonyl (C=O) groups is 1. The lowest BCUT2D eigenvalue weighted by atomic mass is 10.2. The summed E-state index contributed by atoms with van der Waals surface area (Å²) in [6.45, 7) is 0.632. The van der Waals surface area contributed by atoms with Crippen molar-refractivity contribution < 1.29 is 9.90 Å². The van der Waals surface area contributed by atoms with Crippen LogP contribution in [-0.2, 0) is 13.5 Å². The Balaban J connectivity index is 2.03. The minimum Gasteiger partial charge on any atom is -0.478 e. The van der Waals surface area contributed by atoms with E-state index in [4.69, 9.17) is 5.11 Å². The quantitative estimate of drug-likeness (QED) is 0.887. The first-order chi connectivity index (χ1) is 9.08. The van der Waals surface area contributed by atoms with Crippen LogP contribution in [0.1, 0.15) is 16.2 Å². The van der Waals surface area contributed by atoms with Crippen molar-refractivity contribution >= 4 is 27.6 Å². The Morgan fingerprint density at radius 3 is 2.95 bits per heavy atom. The van der Waals surface area contributed by atoms with E-state index < -0.39 is 5.97 Å². The lowest BCUT2D eigenvalue weighted by Gasteiger charge is -2.10. The molecule has 0 unspecified atom stereocenters. The van der Waals surface area contributed by atoms with Crippen LogP contribution in [0, 0.1) is 0 Å². The number of nitrogens with zero attached hydrogens (tertiary/aromatic N) is 2. The molecule has 0 bridgehead atoms. The fraction of sp³-hybridized carbons (Fsp3) is 0.231. The van der Waals surface area contributed by atoms with Crippen LogP contribution in [0.4, 0.5) is 5.69 Å². The number of imidazole rings is 1. The summed E-state index contributed by atoms with van der Waals surface area (Å²) in [6, 6.07) is 5.16. The second-order valence-electron chi connectivity index (χ2n) is 4.13. The van der Waals surface area contributed by atoms with E-state index in [1.165, 1.54) is 0 Å². The van der Waals surface area contributed by atoms with Crippen molar-refractivity contribution in [3.8, 4) is 0 Å². The average molecular weight is 324 g/mol. The molecule has 1 aromatic carbocycles. The molecule has 2 rings (SSSR count). The lowest BCUT2D eigenvalue weighted by molar-refractivity contribution is 0.0698. The number of halogens is 1. The first-order valence-electron chi connectivity index (χ1n) is 5.81. The second kappa shape index (κ2) is 5.88. The van der Waals surface area contributed by atoms with Gasteiger partial charge < -0.3 is 15.0 Å². The van der Waals surface area contributed by atoms with Gasteiger partial charge in [-0.1, -0.05) is 15.9 Å². The summed E-state index contributed by atoms with van der Waals surface area (Å²) in [4.78, 5) is 15.4. The van der Waals surface area contributed by atoms with Crippen LogP contribution in [-0.4, -0.2) is 27.2 Å². The van der Waals surface area contributed by atoms with Gasteiger partial charge in [-0.15, -0.1) is 0 Å². The van der Waals surface area contributed by atoms with Crippen molar-refractivity contribution in [2.75, 3.05) is 11.9 Å². The maximum Gasteiger partial charge on any atom is 0.337 e. The molecular weight excluding hydrogens is 310 g/mol. The molecule has 5 nitrogen and oxygen atoms in total. The molecule has 0 amide bonds. The van der Waals surface area contributed by atoms with Gasteiger partial charge in [0.05, 0.1) is 5.56 Å². The summed E-state index contributed by atoms with van der Waals surface area (Å²) in [7, 11) is 1.94.